The molecule has 1 N–H and O–H groups in total. The molecule has 1 aliphatic heterocycles. The number of hydrogen-bond acceptors (Lipinski definition) is 2. The van der Waals surface area contributed by atoms with E-state index >= 15 is 0 Å². The number of carbonyl (C=O) groups excluding carboxylic acids is 1. The molecule has 0 aromatic carbocycles. The highest BCUT2D eigenvalue weighted by Crippen LogP contribution is 2.32. The molecule has 1 rings (SSSR count). The number of ketones is 1. The molecular formula is C15H29NO. The molecule has 17 heavy (non-hydrogen) atoms. The Morgan fingerprint density at radius 2 is 1.94 bits per heavy atom. The SMILES string of the molecule is CCCCCCCC(=O)C1(CC)CCCNC1. The third-order valence-electron chi connectivity index (χ3n) is 4.25. The highest BCUT2D eigenvalue weighted by Gasteiger charge is 2.36. The largest absolute Gasteiger partial charge is 0.316 e. The zero-order valence-corrected chi connectivity index (χ0v) is 11.7. The first-order valence-electron chi connectivity index (χ1n) is 7.49. The molecule has 2 nitrogen and oxygen atoms in total. The molecule has 1 saturated heterocycles. The summed E-state index contributed by atoms with van der Waals surface area (Å²) in [6.45, 7) is 6.40. The molecule has 1 unspecified atom stereocenters. The molecule has 0 spiro atoms. The molecule has 0 bridgehead atoms. The second-order valence-corrected chi connectivity index (χ2v) is 5.50. The Bertz CT molecular complexity index is 219. The predicted molar refractivity (Wildman–Crippen MR) is 73.2 cm³/mol. The molecule has 2 heteroatoms. The molecule has 0 amide bonds. The van der Waals surface area contributed by atoms with E-state index in [1.807, 2.05) is 0 Å². The van der Waals surface area contributed by atoms with Gasteiger partial charge in [0.1, 0.15) is 5.78 Å². The van der Waals surface area contributed by atoms with Crippen LogP contribution >= 0.6 is 0 Å². The fraction of sp³-hybridized carbons (Fsp3) is 0.933. The Morgan fingerprint density at radius 1 is 1.18 bits per heavy atom. The second kappa shape index (κ2) is 7.86. The van der Waals surface area contributed by atoms with Gasteiger partial charge in [-0.15, -0.1) is 0 Å². The van der Waals surface area contributed by atoms with Crippen molar-refractivity contribution >= 4 is 5.78 Å². The van der Waals surface area contributed by atoms with Gasteiger partial charge in [0.15, 0.2) is 0 Å². The third kappa shape index (κ3) is 4.42. The van der Waals surface area contributed by atoms with E-state index in [1.165, 1.54) is 25.7 Å². The average Bonchev–Trinajstić information content (AvgIpc) is 2.39. The molecule has 1 fully saturated rings. The van der Waals surface area contributed by atoms with Crippen molar-refractivity contribution in [1.82, 2.24) is 5.32 Å². The third-order valence-corrected chi connectivity index (χ3v) is 4.25. The Hall–Kier alpha value is -0.370. The maximum Gasteiger partial charge on any atom is 0.140 e. The topological polar surface area (TPSA) is 29.1 Å². The van der Waals surface area contributed by atoms with E-state index in [4.69, 9.17) is 0 Å². The van der Waals surface area contributed by atoms with Crippen LogP contribution in [0, 0.1) is 5.41 Å². The van der Waals surface area contributed by atoms with Crippen LogP contribution in [0.5, 0.6) is 0 Å². The van der Waals surface area contributed by atoms with Gasteiger partial charge in [-0.25, -0.2) is 0 Å². The molecular weight excluding hydrogens is 210 g/mol. The van der Waals surface area contributed by atoms with Crippen LogP contribution in [0.25, 0.3) is 0 Å². The van der Waals surface area contributed by atoms with Gasteiger partial charge in [0.2, 0.25) is 0 Å². The van der Waals surface area contributed by atoms with Crippen molar-refractivity contribution < 1.29 is 4.79 Å². The molecule has 1 atom stereocenters. The van der Waals surface area contributed by atoms with Crippen LogP contribution in [-0.2, 0) is 4.79 Å². The first-order chi connectivity index (χ1) is 8.25. The fourth-order valence-corrected chi connectivity index (χ4v) is 2.86. The van der Waals surface area contributed by atoms with Gasteiger partial charge in [-0.1, -0.05) is 39.5 Å². The lowest BCUT2D eigenvalue weighted by atomic mass is 9.73. The number of piperidine rings is 1. The van der Waals surface area contributed by atoms with Crippen molar-refractivity contribution in [2.75, 3.05) is 13.1 Å². The molecule has 1 heterocycles. The lowest BCUT2D eigenvalue weighted by Gasteiger charge is -2.35. The van der Waals surface area contributed by atoms with Gasteiger partial charge in [-0.3, -0.25) is 4.79 Å². The minimum atomic E-state index is -0.0248. The lowest BCUT2D eigenvalue weighted by molar-refractivity contribution is -0.130. The average molecular weight is 239 g/mol. The number of unbranched alkanes of at least 4 members (excludes halogenated alkanes) is 4. The quantitative estimate of drug-likeness (QED) is 0.654. The molecule has 0 aliphatic carbocycles. The minimum absolute atomic E-state index is 0.0248. The van der Waals surface area contributed by atoms with Gasteiger partial charge in [-0.2, -0.15) is 0 Å². The first-order valence-corrected chi connectivity index (χ1v) is 7.49. The van der Waals surface area contributed by atoms with Crippen LogP contribution in [0.4, 0.5) is 0 Å². The van der Waals surface area contributed by atoms with Crippen LogP contribution in [0.2, 0.25) is 0 Å². The molecule has 1 aliphatic rings. The van der Waals surface area contributed by atoms with E-state index in [2.05, 4.69) is 19.2 Å². The molecule has 0 saturated carbocycles. The summed E-state index contributed by atoms with van der Waals surface area (Å²) in [5.41, 5.74) is -0.0248. The summed E-state index contributed by atoms with van der Waals surface area (Å²) in [5, 5.41) is 3.40. The molecule has 0 radical (unpaired) electrons. The minimum Gasteiger partial charge on any atom is -0.316 e. The number of rotatable bonds is 8. The maximum absolute atomic E-state index is 12.3. The number of hydrogen-bond donors (Lipinski definition) is 1. The van der Waals surface area contributed by atoms with Crippen molar-refractivity contribution in [2.45, 2.75) is 71.6 Å². The zero-order chi connectivity index (χ0) is 12.6. The summed E-state index contributed by atoms with van der Waals surface area (Å²) in [6.07, 6.45) is 10.3. The van der Waals surface area contributed by atoms with E-state index in [9.17, 15) is 4.79 Å². The standard InChI is InChI=1S/C15H29NO/c1-3-5-6-7-8-10-14(17)15(4-2)11-9-12-16-13-15/h16H,3-13H2,1-2H3. The van der Waals surface area contributed by atoms with E-state index in [1.54, 1.807) is 0 Å². The Kier molecular flexibility index (Phi) is 6.79. The van der Waals surface area contributed by atoms with Gasteiger partial charge in [0, 0.05) is 18.4 Å². The number of Topliss-reactive ketones (excluding diaryl/α,β-unsaturated/α-hetero) is 1. The smallest absolute Gasteiger partial charge is 0.140 e. The van der Waals surface area contributed by atoms with Crippen LogP contribution in [0.15, 0.2) is 0 Å². The Morgan fingerprint density at radius 3 is 2.53 bits per heavy atom. The lowest BCUT2D eigenvalue weighted by Crippen LogP contribution is -2.45. The van der Waals surface area contributed by atoms with Gasteiger partial charge in [0.25, 0.3) is 0 Å². The second-order valence-electron chi connectivity index (χ2n) is 5.50. The van der Waals surface area contributed by atoms with Crippen molar-refractivity contribution in [2.24, 2.45) is 5.41 Å². The maximum atomic E-state index is 12.3. The van der Waals surface area contributed by atoms with E-state index < -0.39 is 0 Å². The van der Waals surface area contributed by atoms with Crippen LogP contribution in [0.1, 0.15) is 71.6 Å². The summed E-state index contributed by atoms with van der Waals surface area (Å²) < 4.78 is 0. The summed E-state index contributed by atoms with van der Waals surface area (Å²) in [4.78, 5) is 12.3. The normalized spacial score (nSPS) is 24.8. The van der Waals surface area contributed by atoms with Crippen molar-refractivity contribution in [3.63, 3.8) is 0 Å². The Labute approximate surface area is 107 Å². The van der Waals surface area contributed by atoms with Crippen molar-refractivity contribution in [3.05, 3.63) is 0 Å². The van der Waals surface area contributed by atoms with Crippen LogP contribution in [0.3, 0.4) is 0 Å². The van der Waals surface area contributed by atoms with Gasteiger partial charge in [0.05, 0.1) is 0 Å². The van der Waals surface area contributed by atoms with Gasteiger partial charge < -0.3 is 5.32 Å². The first kappa shape index (κ1) is 14.7. The highest BCUT2D eigenvalue weighted by molar-refractivity contribution is 5.85. The summed E-state index contributed by atoms with van der Waals surface area (Å²) in [5.74, 6) is 0.517. The summed E-state index contributed by atoms with van der Waals surface area (Å²) >= 11 is 0. The van der Waals surface area contributed by atoms with Crippen molar-refractivity contribution in [3.8, 4) is 0 Å². The Balaban J connectivity index is 2.28. The number of nitrogens with one attached hydrogen (secondary N) is 1. The zero-order valence-electron chi connectivity index (χ0n) is 11.7. The highest BCUT2D eigenvalue weighted by atomic mass is 16.1. The predicted octanol–water partition coefficient (Wildman–Crippen LogP) is 3.70. The van der Waals surface area contributed by atoms with Crippen LogP contribution in [-0.4, -0.2) is 18.9 Å². The van der Waals surface area contributed by atoms with Crippen LogP contribution < -0.4 is 5.32 Å². The monoisotopic (exact) mass is 239 g/mol. The van der Waals surface area contributed by atoms with Gasteiger partial charge in [-0.05, 0) is 32.2 Å². The molecule has 100 valence electrons. The molecule has 0 aromatic heterocycles. The van der Waals surface area contributed by atoms with Gasteiger partial charge >= 0.3 is 0 Å². The summed E-state index contributed by atoms with van der Waals surface area (Å²) in [6, 6.07) is 0. The van der Waals surface area contributed by atoms with E-state index in [0.29, 0.717) is 5.78 Å². The summed E-state index contributed by atoms with van der Waals surface area (Å²) in [7, 11) is 0. The number of carbonyl (C=O) groups is 1. The fourth-order valence-electron chi connectivity index (χ4n) is 2.86. The van der Waals surface area contributed by atoms with Crippen molar-refractivity contribution in [1.29, 1.82) is 0 Å². The van der Waals surface area contributed by atoms with E-state index in [0.717, 1.165) is 45.2 Å². The van der Waals surface area contributed by atoms with E-state index in [-0.39, 0.29) is 5.41 Å². The molecule has 0 aromatic rings.